The van der Waals surface area contributed by atoms with Gasteiger partial charge in [-0.1, -0.05) is 55.0 Å². The molecule has 0 spiro atoms. The monoisotopic (exact) mass is 462 g/mol. The minimum absolute atomic E-state index is 0. The quantitative estimate of drug-likeness (QED) is 0.490. The first-order chi connectivity index (χ1) is 14.2. The van der Waals surface area contributed by atoms with Gasteiger partial charge in [0.25, 0.3) is 0 Å². The summed E-state index contributed by atoms with van der Waals surface area (Å²) in [5.41, 5.74) is 2.80. The molecule has 2 heterocycles. The van der Waals surface area contributed by atoms with Gasteiger partial charge in [-0.2, -0.15) is 0 Å². The van der Waals surface area contributed by atoms with E-state index in [9.17, 15) is 4.79 Å². The maximum Gasteiger partial charge on any atom is 0.193 e. The minimum atomic E-state index is 0. The van der Waals surface area contributed by atoms with Crippen molar-refractivity contribution in [2.75, 3.05) is 32.7 Å². The normalized spacial score (nSPS) is 19.1. The Labute approximate surface area is 200 Å². The van der Waals surface area contributed by atoms with Crippen molar-refractivity contribution in [2.24, 2.45) is 5.92 Å². The number of rotatable bonds is 6. The highest BCUT2D eigenvalue weighted by molar-refractivity contribution is 6.09. The van der Waals surface area contributed by atoms with Gasteiger partial charge in [0, 0.05) is 23.7 Å². The zero-order valence-corrected chi connectivity index (χ0v) is 20.2. The number of benzene rings is 2. The standard InChI is InChI=1S/C26H34N2O.2ClH/c1-21(28-17-13-22(14-18-28)20-27-15-6-3-7-16-27)24-11-8-12-25(19-24)26(29)23-9-4-2-5-10-23;;/h2,4-5,8-12,19,21-22H,3,6-7,13-18,20H2,1H3;2*1H. The molecule has 0 aliphatic carbocycles. The molecule has 2 fully saturated rings. The highest BCUT2D eigenvalue weighted by Gasteiger charge is 2.25. The molecular formula is C26H36Cl2N2O. The van der Waals surface area contributed by atoms with E-state index in [-0.39, 0.29) is 30.6 Å². The van der Waals surface area contributed by atoms with E-state index in [4.69, 9.17) is 0 Å². The summed E-state index contributed by atoms with van der Waals surface area (Å²) >= 11 is 0. The van der Waals surface area contributed by atoms with Crippen LogP contribution < -0.4 is 0 Å². The molecule has 2 aliphatic rings. The molecule has 2 aliphatic heterocycles. The molecule has 5 heteroatoms. The first-order valence-electron chi connectivity index (χ1n) is 11.4. The Kier molecular flexibility index (Phi) is 10.5. The molecule has 3 nitrogen and oxygen atoms in total. The number of likely N-dealkylation sites (tertiary alicyclic amines) is 2. The van der Waals surface area contributed by atoms with E-state index in [2.05, 4.69) is 28.9 Å². The lowest BCUT2D eigenvalue weighted by Gasteiger charge is -2.38. The molecule has 0 amide bonds. The lowest BCUT2D eigenvalue weighted by Crippen LogP contribution is -2.41. The highest BCUT2D eigenvalue weighted by atomic mass is 35.5. The van der Waals surface area contributed by atoms with Crippen molar-refractivity contribution in [3.05, 3.63) is 71.3 Å². The van der Waals surface area contributed by atoms with Crippen LogP contribution in [0.25, 0.3) is 0 Å². The van der Waals surface area contributed by atoms with Gasteiger partial charge in [0.1, 0.15) is 0 Å². The van der Waals surface area contributed by atoms with Crippen LogP contribution in [-0.4, -0.2) is 48.3 Å². The third-order valence-corrected chi connectivity index (χ3v) is 6.83. The highest BCUT2D eigenvalue weighted by Crippen LogP contribution is 2.28. The molecule has 1 unspecified atom stereocenters. The lowest BCUT2D eigenvalue weighted by atomic mass is 9.92. The number of ketones is 1. The summed E-state index contributed by atoms with van der Waals surface area (Å²) in [5, 5.41) is 0. The van der Waals surface area contributed by atoms with E-state index in [0.717, 1.165) is 30.1 Å². The van der Waals surface area contributed by atoms with Crippen LogP contribution in [0.5, 0.6) is 0 Å². The fourth-order valence-corrected chi connectivity index (χ4v) is 4.94. The average molecular weight is 463 g/mol. The number of nitrogens with zero attached hydrogens (tertiary/aromatic N) is 2. The molecule has 0 saturated carbocycles. The van der Waals surface area contributed by atoms with Gasteiger partial charge in [-0.25, -0.2) is 0 Å². The van der Waals surface area contributed by atoms with Crippen LogP contribution in [-0.2, 0) is 0 Å². The third-order valence-electron chi connectivity index (χ3n) is 6.83. The van der Waals surface area contributed by atoms with Gasteiger partial charge in [0.15, 0.2) is 5.78 Å². The van der Waals surface area contributed by atoms with Crippen LogP contribution >= 0.6 is 24.8 Å². The van der Waals surface area contributed by atoms with Crippen molar-refractivity contribution in [1.29, 1.82) is 0 Å². The third kappa shape index (κ3) is 6.79. The Balaban J connectivity index is 0.00000171. The number of carbonyl (C=O) groups is 1. The molecule has 0 radical (unpaired) electrons. The number of hydrogen-bond donors (Lipinski definition) is 0. The Hall–Kier alpha value is -1.39. The summed E-state index contributed by atoms with van der Waals surface area (Å²) in [5.74, 6) is 0.961. The van der Waals surface area contributed by atoms with Crippen molar-refractivity contribution in [2.45, 2.75) is 45.1 Å². The molecule has 2 aromatic carbocycles. The van der Waals surface area contributed by atoms with Gasteiger partial charge in [0.05, 0.1) is 0 Å². The maximum absolute atomic E-state index is 12.8. The summed E-state index contributed by atoms with van der Waals surface area (Å²) in [6.45, 7) is 8.52. The van der Waals surface area contributed by atoms with Crippen LogP contribution in [0, 0.1) is 5.92 Å². The zero-order chi connectivity index (χ0) is 20.1. The van der Waals surface area contributed by atoms with Crippen molar-refractivity contribution in [3.63, 3.8) is 0 Å². The van der Waals surface area contributed by atoms with E-state index in [1.54, 1.807) is 0 Å². The number of halogens is 2. The zero-order valence-electron chi connectivity index (χ0n) is 18.5. The number of carbonyl (C=O) groups excluding carboxylic acids is 1. The second-order valence-electron chi connectivity index (χ2n) is 8.84. The van der Waals surface area contributed by atoms with Crippen LogP contribution in [0.3, 0.4) is 0 Å². The molecule has 0 aromatic heterocycles. The van der Waals surface area contributed by atoms with Gasteiger partial charge in [-0.05, 0) is 76.3 Å². The van der Waals surface area contributed by atoms with E-state index >= 15 is 0 Å². The van der Waals surface area contributed by atoms with Crippen molar-refractivity contribution in [3.8, 4) is 0 Å². The van der Waals surface area contributed by atoms with Crippen molar-refractivity contribution >= 4 is 30.6 Å². The molecule has 2 saturated heterocycles. The predicted octanol–water partition coefficient (Wildman–Crippen LogP) is 6.02. The van der Waals surface area contributed by atoms with E-state index in [1.807, 2.05) is 42.5 Å². The second-order valence-corrected chi connectivity index (χ2v) is 8.84. The second kappa shape index (κ2) is 12.6. The predicted molar refractivity (Wildman–Crippen MR) is 134 cm³/mol. The molecular weight excluding hydrogens is 427 g/mol. The van der Waals surface area contributed by atoms with E-state index in [0.29, 0.717) is 6.04 Å². The molecule has 0 N–H and O–H groups in total. The molecule has 0 bridgehead atoms. The fourth-order valence-electron chi connectivity index (χ4n) is 4.94. The summed E-state index contributed by atoms with van der Waals surface area (Å²) in [4.78, 5) is 18.1. The van der Waals surface area contributed by atoms with Crippen molar-refractivity contribution < 1.29 is 4.79 Å². The average Bonchev–Trinajstić information content (AvgIpc) is 2.80. The Morgan fingerprint density at radius 1 is 0.871 bits per heavy atom. The number of piperidine rings is 2. The summed E-state index contributed by atoms with van der Waals surface area (Å²) < 4.78 is 0. The smallest absolute Gasteiger partial charge is 0.193 e. The van der Waals surface area contributed by atoms with Crippen LogP contribution in [0.15, 0.2) is 54.6 Å². The minimum Gasteiger partial charge on any atom is -0.303 e. The van der Waals surface area contributed by atoms with E-state index < -0.39 is 0 Å². The van der Waals surface area contributed by atoms with Gasteiger partial charge in [0.2, 0.25) is 0 Å². The summed E-state index contributed by atoms with van der Waals surface area (Å²) in [6.07, 6.45) is 6.77. The lowest BCUT2D eigenvalue weighted by molar-refractivity contribution is 0.103. The van der Waals surface area contributed by atoms with E-state index in [1.165, 1.54) is 57.3 Å². The van der Waals surface area contributed by atoms with Crippen LogP contribution in [0.4, 0.5) is 0 Å². The SMILES string of the molecule is CC(c1cccc(C(=O)c2ccccc2)c1)N1CCC(CN2CCCCC2)CC1.Cl.Cl. The topological polar surface area (TPSA) is 23.6 Å². The van der Waals surface area contributed by atoms with Gasteiger partial charge >= 0.3 is 0 Å². The Bertz CT molecular complexity index is 800. The van der Waals surface area contributed by atoms with Crippen LogP contribution in [0.1, 0.15) is 66.6 Å². The van der Waals surface area contributed by atoms with Gasteiger partial charge in [-0.15, -0.1) is 24.8 Å². The van der Waals surface area contributed by atoms with Crippen LogP contribution in [0.2, 0.25) is 0 Å². The first-order valence-corrected chi connectivity index (χ1v) is 11.4. The molecule has 1 atom stereocenters. The van der Waals surface area contributed by atoms with Crippen molar-refractivity contribution in [1.82, 2.24) is 9.80 Å². The largest absolute Gasteiger partial charge is 0.303 e. The summed E-state index contributed by atoms with van der Waals surface area (Å²) in [7, 11) is 0. The molecule has 2 aromatic rings. The summed E-state index contributed by atoms with van der Waals surface area (Å²) in [6, 6.07) is 18.2. The molecule has 4 rings (SSSR count). The van der Waals surface area contributed by atoms with Gasteiger partial charge < -0.3 is 4.90 Å². The Morgan fingerprint density at radius 3 is 2.19 bits per heavy atom. The first kappa shape index (κ1) is 25.9. The molecule has 170 valence electrons. The maximum atomic E-state index is 12.8. The van der Waals surface area contributed by atoms with Gasteiger partial charge in [-0.3, -0.25) is 9.69 Å². The fraction of sp³-hybridized carbons (Fsp3) is 0.500. The number of hydrogen-bond acceptors (Lipinski definition) is 3. The molecule has 31 heavy (non-hydrogen) atoms. The Morgan fingerprint density at radius 2 is 1.52 bits per heavy atom.